The second kappa shape index (κ2) is 7.65. The third kappa shape index (κ3) is 4.50. The van der Waals surface area contributed by atoms with Gasteiger partial charge in [0.05, 0.1) is 0 Å². The van der Waals surface area contributed by atoms with Gasteiger partial charge in [-0.05, 0) is 43.8 Å². The van der Waals surface area contributed by atoms with E-state index in [0.29, 0.717) is 5.92 Å². The van der Waals surface area contributed by atoms with Crippen LogP contribution in [0.15, 0.2) is 24.3 Å². The number of benzene rings is 1. The zero-order chi connectivity index (χ0) is 14.4. The summed E-state index contributed by atoms with van der Waals surface area (Å²) >= 11 is 0. The number of ether oxygens (including phenoxy) is 1. The maximum absolute atomic E-state index is 5.90. The Kier molecular flexibility index (Phi) is 5.86. The van der Waals surface area contributed by atoms with E-state index < -0.39 is 0 Å². The molecule has 1 aliphatic heterocycles. The van der Waals surface area contributed by atoms with Crippen LogP contribution in [0.5, 0.6) is 5.75 Å². The second-order valence-corrected chi connectivity index (χ2v) is 6.25. The third-order valence-corrected chi connectivity index (χ3v) is 4.02. The molecule has 0 fully saturated rings. The predicted octanol–water partition coefficient (Wildman–Crippen LogP) is 2.89. The summed E-state index contributed by atoms with van der Waals surface area (Å²) in [6.07, 6.45) is 2.42. The molecule has 2 rings (SSSR count). The van der Waals surface area contributed by atoms with Crippen LogP contribution in [0.1, 0.15) is 32.3 Å². The van der Waals surface area contributed by atoms with Crippen LogP contribution in [0.4, 0.5) is 0 Å². The molecule has 0 saturated heterocycles. The minimum Gasteiger partial charge on any atom is -0.492 e. The Morgan fingerprint density at radius 1 is 1.30 bits per heavy atom. The summed E-state index contributed by atoms with van der Waals surface area (Å²) < 4.78 is 5.81. The average Bonchev–Trinajstić information content (AvgIpc) is 2.64. The first-order chi connectivity index (χ1) is 9.69. The van der Waals surface area contributed by atoms with Crippen LogP contribution in [0.3, 0.4) is 0 Å². The molecule has 2 N–H and O–H groups in total. The first-order valence-electron chi connectivity index (χ1n) is 7.82. The molecular formula is C17H28N2O. The van der Waals surface area contributed by atoms with Crippen LogP contribution in [-0.2, 0) is 6.54 Å². The van der Waals surface area contributed by atoms with Gasteiger partial charge in [-0.15, -0.1) is 0 Å². The SMILES string of the molecule is CC(C)CC(CN)CCN1CCOc2ccccc2C1. The van der Waals surface area contributed by atoms with Gasteiger partial charge in [-0.3, -0.25) is 4.90 Å². The number of hydrogen-bond acceptors (Lipinski definition) is 3. The summed E-state index contributed by atoms with van der Waals surface area (Å²) in [6.45, 7) is 9.26. The van der Waals surface area contributed by atoms with Gasteiger partial charge in [-0.25, -0.2) is 0 Å². The highest BCUT2D eigenvalue weighted by molar-refractivity contribution is 5.33. The highest BCUT2D eigenvalue weighted by atomic mass is 16.5. The van der Waals surface area contributed by atoms with Gasteiger partial charge >= 0.3 is 0 Å². The van der Waals surface area contributed by atoms with Crippen LogP contribution >= 0.6 is 0 Å². The smallest absolute Gasteiger partial charge is 0.123 e. The fourth-order valence-corrected chi connectivity index (χ4v) is 2.93. The quantitative estimate of drug-likeness (QED) is 0.868. The highest BCUT2D eigenvalue weighted by Gasteiger charge is 2.16. The summed E-state index contributed by atoms with van der Waals surface area (Å²) in [7, 11) is 0. The van der Waals surface area contributed by atoms with E-state index in [0.717, 1.165) is 44.5 Å². The Morgan fingerprint density at radius 3 is 2.85 bits per heavy atom. The minimum absolute atomic E-state index is 0.648. The first kappa shape index (κ1) is 15.3. The number of fused-ring (bicyclic) bond motifs is 1. The summed E-state index contributed by atoms with van der Waals surface area (Å²) in [4.78, 5) is 2.49. The summed E-state index contributed by atoms with van der Waals surface area (Å²) in [5.41, 5.74) is 7.20. The molecule has 0 bridgehead atoms. The van der Waals surface area contributed by atoms with Gasteiger partial charge in [0.2, 0.25) is 0 Å². The van der Waals surface area contributed by atoms with Gasteiger partial charge in [0, 0.05) is 18.7 Å². The fourth-order valence-electron chi connectivity index (χ4n) is 2.93. The first-order valence-corrected chi connectivity index (χ1v) is 7.82. The van der Waals surface area contributed by atoms with Crippen molar-refractivity contribution in [3.63, 3.8) is 0 Å². The normalized spacial score (nSPS) is 17.4. The van der Waals surface area contributed by atoms with Crippen LogP contribution in [0, 0.1) is 11.8 Å². The lowest BCUT2D eigenvalue weighted by Gasteiger charge is -2.23. The molecule has 3 heteroatoms. The van der Waals surface area contributed by atoms with Crippen molar-refractivity contribution >= 4 is 0 Å². The van der Waals surface area contributed by atoms with Crippen molar-refractivity contribution in [1.82, 2.24) is 4.90 Å². The van der Waals surface area contributed by atoms with E-state index in [-0.39, 0.29) is 0 Å². The predicted molar refractivity (Wildman–Crippen MR) is 83.8 cm³/mol. The molecule has 1 aliphatic rings. The Labute approximate surface area is 123 Å². The molecule has 0 radical (unpaired) electrons. The third-order valence-electron chi connectivity index (χ3n) is 4.02. The van der Waals surface area contributed by atoms with Gasteiger partial charge in [-0.1, -0.05) is 32.0 Å². The van der Waals surface area contributed by atoms with Crippen LogP contribution in [-0.4, -0.2) is 31.1 Å². The largest absolute Gasteiger partial charge is 0.492 e. The molecule has 20 heavy (non-hydrogen) atoms. The number of nitrogens with zero attached hydrogens (tertiary/aromatic N) is 1. The van der Waals surface area contributed by atoms with E-state index in [1.54, 1.807) is 0 Å². The maximum Gasteiger partial charge on any atom is 0.123 e. The monoisotopic (exact) mass is 276 g/mol. The zero-order valence-corrected chi connectivity index (χ0v) is 12.8. The summed E-state index contributed by atoms with van der Waals surface area (Å²) in [5, 5.41) is 0. The number of hydrogen-bond donors (Lipinski definition) is 1. The molecule has 112 valence electrons. The lowest BCUT2D eigenvalue weighted by Crippen LogP contribution is -2.30. The van der Waals surface area contributed by atoms with Crippen molar-refractivity contribution in [3.05, 3.63) is 29.8 Å². The number of rotatable bonds is 6. The van der Waals surface area contributed by atoms with Crippen LogP contribution < -0.4 is 10.5 Å². The van der Waals surface area contributed by atoms with Crippen molar-refractivity contribution in [2.75, 3.05) is 26.2 Å². The molecule has 0 aliphatic carbocycles. The van der Waals surface area contributed by atoms with Gasteiger partial charge in [-0.2, -0.15) is 0 Å². The van der Waals surface area contributed by atoms with Crippen molar-refractivity contribution in [3.8, 4) is 5.75 Å². The minimum atomic E-state index is 0.648. The molecule has 1 aromatic carbocycles. The van der Waals surface area contributed by atoms with Crippen molar-refractivity contribution in [1.29, 1.82) is 0 Å². The molecule has 0 aromatic heterocycles. The number of para-hydroxylation sites is 1. The molecular weight excluding hydrogens is 248 g/mol. The van der Waals surface area contributed by atoms with E-state index in [4.69, 9.17) is 10.5 Å². The Bertz CT molecular complexity index is 406. The summed E-state index contributed by atoms with van der Waals surface area (Å²) in [6, 6.07) is 8.37. The Balaban J connectivity index is 1.87. The summed E-state index contributed by atoms with van der Waals surface area (Å²) in [5.74, 6) is 2.43. The Hall–Kier alpha value is -1.06. The molecule has 0 spiro atoms. The molecule has 1 unspecified atom stereocenters. The highest BCUT2D eigenvalue weighted by Crippen LogP contribution is 2.23. The average molecular weight is 276 g/mol. The second-order valence-electron chi connectivity index (χ2n) is 6.25. The lowest BCUT2D eigenvalue weighted by atomic mass is 9.94. The van der Waals surface area contributed by atoms with Crippen molar-refractivity contribution in [2.45, 2.75) is 33.2 Å². The van der Waals surface area contributed by atoms with E-state index >= 15 is 0 Å². The molecule has 1 heterocycles. The molecule has 0 saturated carbocycles. The van der Waals surface area contributed by atoms with Crippen LogP contribution in [0.25, 0.3) is 0 Å². The lowest BCUT2D eigenvalue weighted by molar-refractivity contribution is 0.209. The van der Waals surface area contributed by atoms with E-state index in [9.17, 15) is 0 Å². The van der Waals surface area contributed by atoms with Gasteiger partial charge in [0.1, 0.15) is 12.4 Å². The standard InChI is InChI=1S/C17H28N2O/c1-14(2)11-15(12-18)7-8-19-9-10-20-17-6-4-3-5-16(17)13-19/h3-6,14-15H,7-13,18H2,1-2H3. The van der Waals surface area contributed by atoms with Crippen molar-refractivity contribution in [2.24, 2.45) is 17.6 Å². The molecule has 1 atom stereocenters. The Morgan fingerprint density at radius 2 is 2.10 bits per heavy atom. The molecule has 3 nitrogen and oxygen atoms in total. The topological polar surface area (TPSA) is 38.5 Å². The fraction of sp³-hybridized carbons (Fsp3) is 0.647. The number of nitrogens with two attached hydrogens (primary N) is 1. The van der Waals surface area contributed by atoms with E-state index in [1.807, 2.05) is 6.07 Å². The zero-order valence-electron chi connectivity index (χ0n) is 12.8. The van der Waals surface area contributed by atoms with Crippen LogP contribution in [0.2, 0.25) is 0 Å². The maximum atomic E-state index is 5.90. The molecule has 0 amide bonds. The van der Waals surface area contributed by atoms with Gasteiger partial charge in [0.25, 0.3) is 0 Å². The van der Waals surface area contributed by atoms with Gasteiger partial charge < -0.3 is 10.5 Å². The van der Waals surface area contributed by atoms with Gasteiger partial charge in [0.15, 0.2) is 0 Å². The van der Waals surface area contributed by atoms with E-state index in [2.05, 4.69) is 36.9 Å². The molecule has 1 aromatic rings. The van der Waals surface area contributed by atoms with E-state index in [1.165, 1.54) is 18.4 Å². The van der Waals surface area contributed by atoms with Crippen molar-refractivity contribution < 1.29 is 4.74 Å².